The summed E-state index contributed by atoms with van der Waals surface area (Å²) >= 11 is 0. The van der Waals surface area contributed by atoms with Crippen molar-refractivity contribution in [3.63, 3.8) is 0 Å². The Bertz CT molecular complexity index is 1300. The minimum absolute atomic E-state index is 0.217. The van der Waals surface area contributed by atoms with Crippen molar-refractivity contribution in [3.05, 3.63) is 107 Å². The minimum atomic E-state index is -0.460. The first-order chi connectivity index (χ1) is 22.0. The fraction of sp³-hybridized carbons (Fsp3) is 0.488. The van der Waals surface area contributed by atoms with E-state index in [2.05, 4.69) is 123 Å². The fourth-order valence-corrected chi connectivity index (χ4v) is 5.85. The summed E-state index contributed by atoms with van der Waals surface area (Å²) in [6, 6.07) is 29.0. The van der Waals surface area contributed by atoms with Crippen LogP contribution >= 0.6 is 0 Å². The zero-order chi connectivity index (χ0) is 33.4. The summed E-state index contributed by atoms with van der Waals surface area (Å²) in [5, 5.41) is 2.85. The van der Waals surface area contributed by atoms with Gasteiger partial charge in [-0.25, -0.2) is 4.79 Å². The smallest absolute Gasteiger partial charge is 0.407 e. The van der Waals surface area contributed by atoms with Crippen molar-refractivity contribution in [2.75, 3.05) is 13.1 Å². The zero-order valence-corrected chi connectivity index (χ0v) is 29.4. The summed E-state index contributed by atoms with van der Waals surface area (Å²) < 4.78 is 11.8. The van der Waals surface area contributed by atoms with Crippen molar-refractivity contribution in [2.24, 2.45) is 0 Å². The molecule has 1 amide bonds. The highest BCUT2D eigenvalue weighted by atomic mass is 16.6. The first kappa shape index (κ1) is 36.9. The third kappa shape index (κ3) is 13.4. The molecule has 0 saturated carbocycles. The number of ether oxygens (including phenoxy) is 2. The van der Waals surface area contributed by atoms with Gasteiger partial charge in [-0.05, 0) is 110 Å². The second-order valence-corrected chi connectivity index (χ2v) is 13.8. The number of carbonyl (C=O) groups excluding carboxylic acids is 1. The van der Waals surface area contributed by atoms with E-state index in [9.17, 15) is 4.79 Å². The molecule has 0 aliphatic heterocycles. The highest BCUT2D eigenvalue weighted by Crippen LogP contribution is 2.36. The molecule has 5 heteroatoms. The third-order valence-corrected chi connectivity index (χ3v) is 8.13. The molecular weight excluding hydrogens is 568 g/mol. The van der Waals surface area contributed by atoms with Crippen molar-refractivity contribution < 1.29 is 14.3 Å². The van der Waals surface area contributed by atoms with Gasteiger partial charge in [-0.1, -0.05) is 91.7 Å². The Morgan fingerprint density at radius 1 is 0.848 bits per heavy atom. The van der Waals surface area contributed by atoms with Gasteiger partial charge in [-0.15, -0.1) is 0 Å². The maximum atomic E-state index is 11.8. The van der Waals surface area contributed by atoms with Gasteiger partial charge in [0, 0.05) is 30.1 Å². The normalized spacial score (nSPS) is 12.7. The summed E-state index contributed by atoms with van der Waals surface area (Å²) in [6.07, 6.45) is 10.6. The Balaban J connectivity index is 1.70. The van der Waals surface area contributed by atoms with Gasteiger partial charge in [0.1, 0.15) is 18.0 Å². The van der Waals surface area contributed by atoms with Crippen LogP contribution in [0.1, 0.15) is 115 Å². The number of alkyl carbamates (subject to hydrolysis) is 1. The number of rotatable bonds is 18. The zero-order valence-electron chi connectivity index (χ0n) is 29.4. The SMILES string of the molecule is CC(C)N(CC[C@H](c1ccccc1)c1cc(/C=C/CCCCCCNC(=O)OC(C)(C)C)ccc1OCc1ccccc1)C(C)C. The molecule has 0 aliphatic rings. The molecule has 1 N–H and O–H groups in total. The number of carbonyl (C=O) groups is 1. The van der Waals surface area contributed by atoms with E-state index in [1.807, 2.05) is 26.8 Å². The number of unbranched alkanes of at least 4 members (excludes halogenated alkanes) is 4. The van der Waals surface area contributed by atoms with E-state index in [1.54, 1.807) is 0 Å². The van der Waals surface area contributed by atoms with Gasteiger partial charge in [-0.2, -0.15) is 0 Å². The summed E-state index contributed by atoms with van der Waals surface area (Å²) in [6.45, 7) is 17.0. The van der Waals surface area contributed by atoms with E-state index in [4.69, 9.17) is 9.47 Å². The molecule has 46 heavy (non-hydrogen) atoms. The summed E-state index contributed by atoms with van der Waals surface area (Å²) in [4.78, 5) is 14.4. The lowest BCUT2D eigenvalue weighted by Crippen LogP contribution is -2.38. The van der Waals surface area contributed by atoms with E-state index in [0.717, 1.165) is 50.8 Å². The molecule has 0 spiro atoms. The maximum absolute atomic E-state index is 11.8. The molecule has 5 nitrogen and oxygen atoms in total. The van der Waals surface area contributed by atoms with E-state index < -0.39 is 5.60 Å². The van der Waals surface area contributed by atoms with Crippen LogP contribution in [0.4, 0.5) is 4.79 Å². The third-order valence-electron chi connectivity index (χ3n) is 8.13. The van der Waals surface area contributed by atoms with Gasteiger partial charge in [0.25, 0.3) is 0 Å². The highest BCUT2D eigenvalue weighted by molar-refractivity contribution is 5.67. The summed E-state index contributed by atoms with van der Waals surface area (Å²) in [5.41, 5.74) is 4.47. The maximum Gasteiger partial charge on any atom is 0.407 e. The van der Waals surface area contributed by atoms with Gasteiger partial charge >= 0.3 is 6.09 Å². The Morgan fingerprint density at radius 3 is 2.15 bits per heavy atom. The van der Waals surface area contributed by atoms with Crippen LogP contribution in [0.25, 0.3) is 6.08 Å². The number of nitrogens with one attached hydrogen (secondary N) is 1. The predicted molar refractivity (Wildman–Crippen MR) is 193 cm³/mol. The summed E-state index contributed by atoms with van der Waals surface area (Å²) in [5.74, 6) is 1.17. The van der Waals surface area contributed by atoms with Crippen LogP contribution in [-0.4, -0.2) is 41.8 Å². The minimum Gasteiger partial charge on any atom is -0.489 e. The Labute approximate surface area is 279 Å². The average Bonchev–Trinajstić information content (AvgIpc) is 3.01. The molecule has 3 aromatic carbocycles. The van der Waals surface area contributed by atoms with Crippen LogP contribution in [0, 0.1) is 0 Å². The molecular formula is C41H58N2O3. The van der Waals surface area contributed by atoms with E-state index in [0.29, 0.717) is 25.2 Å². The Kier molecular flexibility index (Phi) is 15.4. The first-order valence-corrected chi connectivity index (χ1v) is 17.3. The van der Waals surface area contributed by atoms with Crippen LogP contribution in [0.3, 0.4) is 0 Å². The number of hydrogen-bond acceptors (Lipinski definition) is 4. The summed E-state index contributed by atoms with van der Waals surface area (Å²) in [7, 11) is 0. The lowest BCUT2D eigenvalue weighted by molar-refractivity contribution is 0.0527. The molecule has 0 fully saturated rings. The number of amides is 1. The second kappa shape index (κ2) is 19.2. The van der Waals surface area contributed by atoms with E-state index >= 15 is 0 Å². The number of hydrogen-bond donors (Lipinski definition) is 1. The Morgan fingerprint density at radius 2 is 1.50 bits per heavy atom. The number of allylic oxidation sites excluding steroid dienone is 1. The van der Waals surface area contributed by atoms with Gasteiger partial charge in [-0.3, -0.25) is 4.90 Å². The quantitative estimate of drug-likeness (QED) is 0.143. The molecule has 250 valence electrons. The van der Waals surface area contributed by atoms with Crippen LogP contribution in [0.2, 0.25) is 0 Å². The van der Waals surface area contributed by atoms with Crippen molar-refractivity contribution in [2.45, 2.75) is 117 Å². The lowest BCUT2D eigenvalue weighted by atomic mass is 9.86. The van der Waals surface area contributed by atoms with E-state index in [-0.39, 0.29) is 12.0 Å². The van der Waals surface area contributed by atoms with E-state index in [1.165, 1.54) is 22.3 Å². The molecule has 0 bridgehead atoms. The van der Waals surface area contributed by atoms with Gasteiger partial charge < -0.3 is 14.8 Å². The van der Waals surface area contributed by atoms with Crippen LogP contribution in [0.5, 0.6) is 5.75 Å². The standard InChI is InChI=1S/C41H58N2O3/c1-32(2)43(33(3)4)29-27-37(36-23-17-13-18-24-36)38-30-34(25-26-39(38)45-31-35-21-15-12-16-22-35)20-14-10-8-9-11-19-28-42-40(44)46-41(5,6)7/h12-18,20-26,30,32-33,37H,8-11,19,27-29,31H2,1-7H3,(H,42,44)/b20-14+/t37-/m1/s1. The van der Waals surface area contributed by atoms with Gasteiger partial charge in [0.15, 0.2) is 0 Å². The lowest BCUT2D eigenvalue weighted by Gasteiger charge is -2.32. The molecule has 1 atom stereocenters. The van der Waals surface area contributed by atoms with Gasteiger partial charge in [0.05, 0.1) is 0 Å². The highest BCUT2D eigenvalue weighted by Gasteiger charge is 2.22. The molecule has 0 aliphatic carbocycles. The Hall–Kier alpha value is -3.57. The largest absolute Gasteiger partial charge is 0.489 e. The monoisotopic (exact) mass is 626 g/mol. The van der Waals surface area contributed by atoms with Crippen molar-refractivity contribution in [3.8, 4) is 5.75 Å². The molecule has 3 aromatic rings. The number of nitrogens with zero attached hydrogens (tertiary/aromatic N) is 1. The van der Waals surface area contributed by atoms with Crippen molar-refractivity contribution in [1.29, 1.82) is 0 Å². The van der Waals surface area contributed by atoms with Crippen LogP contribution < -0.4 is 10.1 Å². The topological polar surface area (TPSA) is 50.8 Å². The van der Waals surface area contributed by atoms with Gasteiger partial charge in [0.2, 0.25) is 0 Å². The molecule has 0 radical (unpaired) electrons. The second-order valence-electron chi connectivity index (χ2n) is 13.8. The molecule has 0 heterocycles. The van der Waals surface area contributed by atoms with Crippen molar-refractivity contribution in [1.82, 2.24) is 10.2 Å². The molecule has 0 aromatic heterocycles. The molecule has 3 rings (SSSR count). The van der Waals surface area contributed by atoms with Crippen LogP contribution in [-0.2, 0) is 11.3 Å². The number of benzene rings is 3. The fourth-order valence-electron chi connectivity index (χ4n) is 5.85. The van der Waals surface area contributed by atoms with Crippen molar-refractivity contribution >= 4 is 12.2 Å². The first-order valence-electron chi connectivity index (χ1n) is 17.3. The molecule has 0 unspecified atom stereocenters. The average molecular weight is 627 g/mol. The molecule has 0 saturated heterocycles. The van der Waals surface area contributed by atoms with Crippen LogP contribution in [0.15, 0.2) is 84.9 Å². The predicted octanol–water partition coefficient (Wildman–Crippen LogP) is 10.4.